The molecule has 1 N–H and O–H groups in total. The molecular formula is C15H17ClN4. The maximum Gasteiger partial charge on any atom is 0.224 e. The van der Waals surface area contributed by atoms with Crippen LogP contribution in [0.3, 0.4) is 0 Å². The summed E-state index contributed by atoms with van der Waals surface area (Å²) in [6.07, 6.45) is 3.78. The van der Waals surface area contributed by atoms with Gasteiger partial charge in [0.05, 0.1) is 5.52 Å². The minimum atomic E-state index is 0.312. The summed E-state index contributed by atoms with van der Waals surface area (Å²) in [6.45, 7) is 2.44. The number of para-hydroxylation sites is 1. The first-order chi connectivity index (χ1) is 9.81. The Kier molecular flexibility index (Phi) is 3.00. The van der Waals surface area contributed by atoms with Crippen LogP contribution < -0.4 is 5.32 Å². The van der Waals surface area contributed by atoms with E-state index in [2.05, 4.69) is 26.3 Å². The van der Waals surface area contributed by atoms with Crippen LogP contribution in [0, 0.1) is 0 Å². The highest BCUT2D eigenvalue weighted by Crippen LogP contribution is 2.31. The van der Waals surface area contributed by atoms with Gasteiger partial charge in [-0.3, -0.25) is 4.90 Å². The van der Waals surface area contributed by atoms with Gasteiger partial charge >= 0.3 is 0 Å². The predicted molar refractivity (Wildman–Crippen MR) is 81.2 cm³/mol. The number of aromatic nitrogens is 2. The van der Waals surface area contributed by atoms with E-state index in [1.54, 1.807) is 0 Å². The van der Waals surface area contributed by atoms with Crippen molar-refractivity contribution in [3.05, 3.63) is 29.5 Å². The van der Waals surface area contributed by atoms with Crippen molar-refractivity contribution in [1.29, 1.82) is 0 Å². The monoisotopic (exact) mass is 288 g/mol. The lowest BCUT2D eigenvalue weighted by Gasteiger charge is -2.22. The largest absolute Gasteiger partial charge is 0.365 e. The van der Waals surface area contributed by atoms with Crippen LogP contribution in [0.15, 0.2) is 24.3 Å². The standard InChI is InChI=1S/C15H17ClN4/c16-15-18-11-5-2-1-4-10(11)14(19-15)17-12-7-9-20-8-3-6-13(12)20/h1-2,4-5,12-13H,3,6-9H2,(H,17,18,19). The zero-order valence-electron chi connectivity index (χ0n) is 11.2. The number of halogens is 1. The molecule has 4 rings (SSSR count). The first kappa shape index (κ1) is 12.4. The Morgan fingerprint density at radius 1 is 1.15 bits per heavy atom. The van der Waals surface area contributed by atoms with Crippen LogP contribution >= 0.6 is 11.6 Å². The molecule has 2 fully saturated rings. The van der Waals surface area contributed by atoms with E-state index in [4.69, 9.17) is 11.6 Å². The quantitative estimate of drug-likeness (QED) is 0.863. The van der Waals surface area contributed by atoms with Crippen LogP contribution in [0.5, 0.6) is 0 Å². The van der Waals surface area contributed by atoms with Crippen molar-refractivity contribution in [2.24, 2.45) is 0 Å². The lowest BCUT2D eigenvalue weighted by atomic mass is 10.1. The molecule has 0 radical (unpaired) electrons. The Balaban J connectivity index is 1.68. The molecule has 2 unspecified atom stereocenters. The van der Waals surface area contributed by atoms with Crippen molar-refractivity contribution in [3.63, 3.8) is 0 Å². The summed E-state index contributed by atoms with van der Waals surface area (Å²) in [4.78, 5) is 11.3. The highest BCUT2D eigenvalue weighted by atomic mass is 35.5. The molecule has 0 saturated carbocycles. The highest BCUT2D eigenvalue weighted by molar-refractivity contribution is 6.28. The third-order valence-corrected chi connectivity index (χ3v) is 4.67. The number of fused-ring (bicyclic) bond motifs is 2. The van der Waals surface area contributed by atoms with E-state index in [0.717, 1.165) is 16.7 Å². The first-order valence-corrected chi connectivity index (χ1v) is 7.62. The number of nitrogens with one attached hydrogen (secondary N) is 1. The predicted octanol–water partition coefficient (Wildman–Crippen LogP) is 2.93. The fourth-order valence-corrected chi connectivity index (χ4v) is 3.76. The van der Waals surface area contributed by atoms with Crippen LogP contribution in [-0.2, 0) is 0 Å². The zero-order chi connectivity index (χ0) is 13.5. The average Bonchev–Trinajstić information content (AvgIpc) is 3.03. The van der Waals surface area contributed by atoms with E-state index in [0.29, 0.717) is 17.4 Å². The molecule has 2 aliphatic rings. The molecule has 2 aromatic rings. The molecule has 2 atom stereocenters. The van der Waals surface area contributed by atoms with Crippen molar-refractivity contribution < 1.29 is 0 Å². The SMILES string of the molecule is Clc1nc(NC2CCN3CCCC23)c2ccccc2n1. The van der Waals surface area contributed by atoms with Crippen molar-refractivity contribution in [3.8, 4) is 0 Å². The number of benzene rings is 1. The molecule has 0 amide bonds. The number of hydrogen-bond donors (Lipinski definition) is 1. The van der Waals surface area contributed by atoms with E-state index >= 15 is 0 Å². The second kappa shape index (κ2) is 4.86. The van der Waals surface area contributed by atoms with Gasteiger partial charge in [0, 0.05) is 24.0 Å². The van der Waals surface area contributed by atoms with E-state index in [1.807, 2.05) is 18.2 Å². The van der Waals surface area contributed by atoms with Crippen LogP contribution in [0.2, 0.25) is 5.28 Å². The van der Waals surface area contributed by atoms with Crippen molar-refractivity contribution in [1.82, 2.24) is 14.9 Å². The number of anilines is 1. The average molecular weight is 289 g/mol. The fourth-order valence-electron chi connectivity index (χ4n) is 3.58. The molecule has 2 saturated heterocycles. The third-order valence-electron chi connectivity index (χ3n) is 4.50. The number of nitrogens with zero attached hydrogens (tertiary/aromatic N) is 3. The van der Waals surface area contributed by atoms with Gasteiger partial charge in [-0.2, -0.15) is 0 Å². The Hall–Kier alpha value is -1.39. The highest BCUT2D eigenvalue weighted by Gasteiger charge is 2.37. The van der Waals surface area contributed by atoms with Crippen LogP contribution in [0.4, 0.5) is 5.82 Å². The van der Waals surface area contributed by atoms with Crippen LogP contribution in [0.1, 0.15) is 19.3 Å². The number of rotatable bonds is 2. The molecule has 104 valence electrons. The van der Waals surface area contributed by atoms with Crippen LogP contribution in [-0.4, -0.2) is 40.0 Å². The molecule has 0 bridgehead atoms. The Morgan fingerprint density at radius 2 is 2.05 bits per heavy atom. The van der Waals surface area contributed by atoms with Gasteiger partial charge in [0.1, 0.15) is 5.82 Å². The maximum absolute atomic E-state index is 6.05. The van der Waals surface area contributed by atoms with Gasteiger partial charge < -0.3 is 5.32 Å². The van der Waals surface area contributed by atoms with Crippen LogP contribution in [0.25, 0.3) is 10.9 Å². The minimum Gasteiger partial charge on any atom is -0.365 e. The third kappa shape index (κ3) is 2.03. The zero-order valence-corrected chi connectivity index (χ0v) is 12.0. The van der Waals surface area contributed by atoms with E-state index < -0.39 is 0 Å². The molecule has 4 nitrogen and oxygen atoms in total. The molecule has 20 heavy (non-hydrogen) atoms. The second-order valence-corrected chi connectivity index (χ2v) is 5.98. The second-order valence-electron chi connectivity index (χ2n) is 5.64. The summed E-state index contributed by atoms with van der Waals surface area (Å²) in [5.41, 5.74) is 0.899. The van der Waals surface area contributed by atoms with Crippen molar-refractivity contribution >= 4 is 28.3 Å². The van der Waals surface area contributed by atoms with Gasteiger partial charge in [0.2, 0.25) is 5.28 Å². The van der Waals surface area contributed by atoms with Crippen molar-refractivity contribution in [2.45, 2.75) is 31.3 Å². The smallest absolute Gasteiger partial charge is 0.224 e. The van der Waals surface area contributed by atoms with E-state index in [-0.39, 0.29) is 0 Å². The van der Waals surface area contributed by atoms with Gasteiger partial charge in [0.25, 0.3) is 0 Å². The Labute approximate surface area is 123 Å². The van der Waals surface area contributed by atoms with Gasteiger partial charge in [-0.15, -0.1) is 0 Å². The Morgan fingerprint density at radius 3 is 3.00 bits per heavy atom. The summed E-state index contributed by atoms with van der Waals surface area (Å²) in [6, 6.07) is 9.15. The molecule has 5 heteroatoms. The van der Waals surface area contributed by atoms with Gasteiger partial charge in [0.15, 0.2) is 0 Å². The minimum absolute atomic E-state index is 0.312. The Bertz CT molecular complexity index is 645. The van der Waals surface area contributed by atoms with Gasteiger partial charge in [-0.25, -0.2) is 9.97 Å². The molecule has 0 spiro atoms. The summed E-state index contributed by atoms with van der Waals surface area (Å²) in [7, 11) is 0. The normalized spacial score (nSPS) is 26.1. The lowest BCUT2D eigenvalue weighted by Crippen LogP contribution is -2.34. The first-order valence-electron chi connectivity index (χ1n) is 7.24. The fraction of sp³-hybridized carbons (Fsp3) is 0.467. The van der Waals surface area contributed by atoms with Gasteiger partial charge in [-0.05, 0) is 49.5 Å². The summed E-state index contributed by atoms with van der Waals surface area (Å²) >= 11 is 6.05. The van der Waals surface area contributed by atoms with Crippen molar-refractivity contribution in [2.75, 3.05) is 18.4 Å². The molecular weight excluding hydrogens is 272 g/mol. The lowest BCUT2D eigenvalue weighted by molar-refractivity contribution is 0.318. The summed E-state index contributed by atoms with van der Waals surface area (Å²) in [5, 5.41) is 4.98. The molecule has 2 aliphatic heterocycles. The van der Waals surface area contributed by atoms with E-state index in [9.17, 15) is 0 Å². The molecule has 1 aromatic carbocycles. The summed E-state index contributed by atoms with van der Waals surface area (Å²) in [5.74, 6) is 0.874. The number of hydrogen-bond acceptors (Lipinski definition) is 4. The maximum atomic E-state index is 6.05. The molecule has 0 aliphatic carbocycles. The van der Waals surface area contributed by atoms with E-state index in [1.165, 1.54) is 32.4 Å². The summed E-state index contributed by atoms with van der Waals surface area (Å²) < 4.78 is 0. The molecule has 3 heterocycles. The topological polar surface area (TPSA) is 41.1 Å². The molecule has 1 aromatic heterocycles. The van der Waals surface area contributed by atoms with Gasteiger partial charge in [-0.1, -0.05) is 12.1 Å².